The summed E-state index contributed by atoms with van der Waals surface area (Å²) in [6, 6.07) is 15.1. The molecule has 2 aromatic rings. The monoisotopic (exact) mass is 493 g/mol. The van der Waals surface area contributed by atoms with Gasteiger partial charge in [-0.1, -0.05) is 48.0 Å². The highest BCUT2D eigenvalue weighted by Gasteiger charge is 2.31. The van der Waals surface area contributed by atoms with E-state index in [2.05, 4.69) is 5.32 Å². The molecule has 0 bridgehead atoms. The molecular weight excluding hydrogens is 462 g/mol. The van der Waals surface area contributed by atoms with Crippen molar-refractivity contribution in [2.75, 3.05) is 23.7 Å². The largest absolute Gasteiger partial charge is 0.350 e. The van der Waals surface area contributed by atoms with Crippen molar-refractivity contribution in [2.45, 2.75) is 45.7 Å². The Morgan fingerprint density at radius 2 is 1.70 bits per heavy atom. The van der Waals surface area contributed by atoms with E-state index in [4.69, 9.17) is 11.6 Å². The van der Waals surface area contributed by atoms with E-state index in [0.29, 0.717) is 11.4 Å². The van der Waals surface area contributed by atoms with Gasteiger partial charge < -0.3 is 10.2 Å². The second-order valence-corrected chi connectivity index (χ2v) is 11.3. The fourth-order valence-corrected chi connectivity index (χ4v) is 4.32. The first-order chi connectivity index (χ1) is 15.3. The Balaban J connectivity index is 2.32. The van der Waals surface area contributed by atoms with Gasteiger partial charge in [0.1, 0.15) is 12.6 Å². The van der Waals surface area contributed by atoms with Crippen LogP contribution in [0.5, 0.6) is 0 Å². The van der Waals surface area contributed by atoms with E-state index in [9.17, 15) is 18.0 Å². The lowest BCUT2D eigenvalue weighted by atomic mass is 10.1. The zero-order valence-electron chi connectivity index (χ0n) is 19.7. The first-order valence-corrected chi connectivity index (χ1v) is 12.9. The molecule has 2 aromatic carbocycles. The van der Waals surface area contributed by atoms with Gasteiger partial charge in [-0.25, -0.2) is 8.42 Å². The van der Waals surface area contributed by atoms with Gasteiger partial charge in [0.05, 0.1) is 11.9 Å². The van der Waals surface area contributed by atoms with Crippen molar-refractivity contribution in [3.63, 3.8) is 0 Å². The molecule has 2 rings (SSSR count). The predicted octanol–water partition coefficient (Wildman–Crippen LogP) is 3.48. The van der Waals surface area contributed by atoms with Crippen molar-refractivity contribution < 1.29 is 18.0 Å². The number of benzene rings is 2. The van der Waals surface area contributed by atoms with Crippen LogP contribution in [0, 0.1) is 0 Å². The van der Waals surface area contributed by atoms with Gasteiger partial charge in [0.2, 0.25) is 21.8 Å². The molecular formula is C24H32ClN3O4S. The Kier molecular flexibility index (Phi) is 8.91. The zero-order chi connectivity index (χ0) is 24.8. The van der Waals surface area contributed by atoms with Gasteiger partial charge in [-0.05, 0) is 57.9 Å². The Morgan fingerprint density at radius 3 is 2.24 bits per heavy atom. The van der Waals surface area contributed by atoms with Crippen molar-refractivity contribution in [3.8, 4) is 0 Å². The highest BCUT2D eigenvalue weighted by atomic mass is 35.5. The number of amides is 2. The van der Waals surface area contributed by atoms with Crippen LogP contribution in [0.15, 0.2) is 54.6 Å². The summed E-state index contributed by atoms with van der Waals surface area (Å²) in [5, 5.41) is 3.25. The molecule has 0 aromatic heterocycles. The van der Waals surface area contributed by atoms with Crippen molar-refractivity contribution in [3.05, 3.63) is 65.2 Å². The minimum atomic E-state index is -3.78. The summed E-state index contributed by atoms with van der Waals surface area (Å²) >= 11 is 6.04. The number of carbonyl (C=O) groups excluding carboxylic acids is 2. The minimum absolute atomic E-state index is 0.259. The summed E-state index contributed by atoms with van der Waals surface area (Å²) in [5.41, 5.74) is 0.820. The summed E-state index contributed by atoms with van der Waals surface area (Å²) < 4.78 is 26.0. The molecule has 1 atom stereocenters. The number of hydrogen-bond donors (Lipinski definition) is 1. The molecule has 0 aliphatic heterocycles. The Bertz CT molecular complexity index is 1070. The third-order valence-corrected chi connectivity index (χ3v) is 6.30. The first kappa shape index (κ1) is 26.7. The molecule has 0 aliphatic carbocycles. The van der Waals surface area contributed by atoms with E-state index < -0.39 is 34.1 Å². The number of nitrogens with one attached hydrogen (secondary N) is 1. The van der Waals surface area contributed by atoms with Gasteiger partial charge in [0.15, 0.2) is 0 Å². The fraction of sp³-hybridized carbons (Fsp3) is 0.417. The molecule has 9 heteroatoms. The molecule has 33 heavy (non-hydrogen) atoms. The molecule has 0 radical (unpaired) electrons. The van der Waals surface area contributed by atoms with Gasteiger partial charge in [-0.2, -0.15) is 0 Å². The van der Waals surface area contributed by atoms with Gasteiger partial charge >= 0.3 is 0 Å². The highest BCUT2D eigenvalue weighted by Crippen LogP contribution is 2.22. The summed E-state index contributed by atoms with van der Waals surface area (Å²) in [6.07, 6.45) is 1.56. The molecule has 7 nitrogen and oxygen atoms in total. The van der Waals surface area contributed by atoms with Crippen LogP contribution < -0.4 is 9.62 Å². The fourth-order valence-electron chi connectivity index (χ4n) is 3.29. The van der Waals surface area contributed by atoms with Crippen LogP contribution in [0.4, 0.5) is 5.69 Å². The molecule has 0 saturated heterocycles. The molecule has 0 spiro atoms. The van der Waals surface area contributed by atoms with Crippen LogP contribution in [0.2, 0.25) is 5.02 Å². The van der Waals surface area contributed by atoms with Crippen LogP contribution in [0.25, 0.3) is 0 Å². The van der Waals surface area contributed by atoms with Crippen LogP contribution >= 0.6 is 11.6 Å². The quantitative estimate of drug-likeness (QED) is 0.579. The number of sulfonamides is 1. The summed E-state index contributed by atoms with van der Waals surface area (Å²) in [5.74, 6) is -0.787. The maximum atomic E-state index is 13.4. The normalized spacial score (nSPS) is 12.7. The molecule has 0 saturated carbocycles. The molecule has 1 N–H and O–H groups in total. The van der Waals surface area contributed by atoms with Crippen molar-refractivity contribution in [1.82, 2.24) is 10.2 Å². The van der Waals surface area contributed by atoms with Crippen LogP contribution in [0.1, 0.15) is 33.3 Å². The maximum Gasteiger partial charge on any atom is 0.244 e. The highest BCUT2D eigenvalue weighted by molar-refractivity contribution is 7.92. The predicted molar refractivity (Wildman–Crippen MR) is 133 cm³/mol. The standard InChI is InChI=1S/C24H32ClN3O4S/c1-18(23(30)26-24(2,3)4)27(15-14-19-10-7-6-8-11-19)22(29)17-28(33(5,31)32)21-13-9-12-20(25)16-21/h6-13,16,18H,14-15,17H2,1-5H3,(H,26,30). The lowest BCUT2D eigenvalue weighted by molar-refractivity contribution is -0.139. The summed E-state index contributed by atoms with van der Waals surface area (Å²) in [4.78, 5) is 27.7. The van der Waals surface area contributed by atoms with Crippen molar-refractivity contribution >= 4 is 39.1 Å². The topological polar surface area (TPSA) is 86.8 Å². The number of carbonyl (C=O) groups is 2. The van der Waals surface area contributed by atoms with Crippen LogP contribution in [0.3, 0.4) is 0 Å². The van der Waals surface area contributed by atoms with Crippen LogP contribution in [-0.2, 0) is 26.0 Å². The van der Waals surface area contributed by atoms with Gasteiger partial charge in [0.25, 0.3) is 0 Å². The number of rotatable bonds is 9. The SMILES string of the molecule is CC(C(=O)NC(C)(C)C)N(CCc1ccccc1)C(=O)CN(c1cccc(Cl)c1)S(C)(=O)=O. The molecule has 180 valence electrons. The van der Waals surface area contributed by atoms with E-state index in [-0.39, 0.29) is 18.1 Å². The van der Waals surface area contributed by atoms with Gasteiger partial charge in [0, 0.05) is 17.1 Å². The smallest absolute Gasteiger partial charge is 0.244 e. The average Bonchev–Trinajstić information content (AvgIpc) is 2.70. The lowest BCUT2D eigenvalue weighted by Gasteiger charge is -2.33. The van der Waals surface area contributed by atoms with E-state index in [1.54, 1.807) is 25.1 Å². The number of halogens is 1. The second-order valence-electron chi connectivity index (χ2n) is 8.99. The molecule has 0 fully saturated rings. The second kappa shape index (κ2) is 11.0. The zero-order valence-corrected chi connectivity index (χ0v) is 21.3. The minimum Gasteiger partial charge on any atom is -0.350 e. The first-order valence-electron chi connectivity index (χ1n) is 10.7. The molecule has 0 aliphatic rings. The average molecular weight is 494 g/mol. The lowest BCUT2D eigenvalue weighted by Crippen LogP contribution is -2.55. The van der Waals surface area contributed by atoms with Gasteiger partial charge in [-0.3, -0.25) is 13.9 Å². The molecule has 2 amide bonds. The Hall–Kier alpha value is -2.58. The number of nitrogens with zero attached hydrogens (tertiary/aromatic N) is 2. The van der Waals surface area contributed by atoms with E-state index >= 15 is 0 Å². The molecule has 0 heterocycles. The van der Waals surface area contributed by atoms with Gasteiger partial charge in [-0.15, -0.1) is 0 Å². The van der Waals surface area contributed by atoms with Crippen molar-refractivity contribution in [2.24, 2.45) is 0 Å². The third-order valence-electron chi connectivity index (χ3n) is 4.93. The number of hydrogen-bond acceptors (Lipinski definition) is 4. The Morgan fingerprint density at radius 1 is 1.06 bits per heavy atom. The van der Waals surface area contributed by atoms with E-state index in [1.807, 2.05) is 51.1 Å². The molecule has 1 unspecified atom stereocenters. The summed E-state index contributed by atoms with van der Waals surface area (Å²) in [7, 11) is -3.78. The number of anilines is 1. The maximum absolute atomic E-state index is 13.4. The summed E-state index contributed by atoms with van der Waals surface area (Å²) in [6.45, 7) is 7.04. The van der Waals surface area contributed by atoms with Crippen LogP contribution in [-0.4, -0.2) is 56.1 Å². The van der Waals surface area contributed by atoms with E-state index in [0.717, 1.165) is 16.1 Å². The third kappa shape index (κ3) is 8.37. The van der Waals surface area contributed by atoms with E-state index in [1.165, 1.54) is 11.0 Å². The Labute approximate surface area is 201 Å². The van der Waals surface area contributed by atoms with Crippen molar-refractivity contribution in [1.29, 1.82) is 0 Å².